The second kappa shape index (κ2) is 7.67. The van der Waals surface area contributed by atoms with Gasteiger partial charge in [-0.2, -0.15) is 0 Å². The number of aryl methyl sites for hydroxylation is 1. The van der Waals surface area contributed by atoms with Crippen LogP contribution in [0.15, 0.2) is 35.4 Å². The zero-order valence-corrected chi connectivity index (χ0v) is 13.9. The Morgan fingerprint density at radius 2 is 2.17 bits per heavy atom. The predicted octanol–water partition coefficient (Wildman–Crippen LogP) is 1.50. The summed E-state index contributed by atoms with van der Waals surface area (Å²) < 4.78 is 46.9. The van der Waals surface area contributed by atoms with Crippen LogP contribution in [0, 0.1) is 12.7 Å². The van der Waals surface area contributed by atoms with Crippen LogP contribution in [0.4, 0.5) is 4.39 Å². The lowest BCUT2D eigenvalue weighted by Crippen LogP contribution is -2.27. The number of nitrogens with one attached hydrogen (secondary N) is 1. The first-order valence-corrected chi connectivity index (χ1v) is 8.67. The Morgan fingerprint density at radius 1 is 1.39 bits per heavy atom. The Kier molecular flexibility index (Phi) is 5.86. The summed E-state index contributed by atoms with van der Waals surface area (Å²) in [6.07, 6.45) is 2.18. The fourth-order valence-corrected chi connectivity index (χ4v) is 3.28. The molecule has 0 aliphatic heterocycles. The van der Waals surface area contributed by atoms with Crippen molar-refractivity contribution in [1.29, 1.82) is 0 Å². The van der Waals surface area contributed by atoms with Crippen LogP contribution in [0.5, 0.6) is 0 Å². The Labute approximate surface area is 135 Å². The lowest BCUT2D eigenvalue weighted by Gasteiger charge is -2.10. The van der Waals surface area contributed by atoms with Gasteiger partial charge in [0.15, 0.2) is 0 Å². The van der Waals surface area contributed by atoms with Crippen LogP contribution in [0.25, 0.3) is 0 Å². The van der Waals surface area contributed by atoms with Gasteiger partial charge in [-0.1, -0.05) is 6.07 Å². The van der Waals surface area contributed by atoms with Crippen molar-refractivity contribution in [3.8, 4) is 0 Å². The van der Waals surface area contributed by atoms with Crippen molar-refractivity contribution in [3.63, 3.8) is 0 Å². The summed E-state index contributed by atoms with van der Waals surface area (Å²) in [6, 6.07) is 4.92. The summed E-state index contributed by atoms with van der Waals surface area (Å²) in [5.74, 6) is 0.195. The number of ether oxygens (including phenoxy) is 1. The van der Waals surface area contributed by atoms with Gasteiger partial charge in [0, 0.05) is 38.5 Å². The molecule has 0 aliphatic carbocycles. The van der Waals surface area contributed by atoms with Crippen molar-refractivity contribution in [2.24, 2.45) is 0 Å². The maximum atomic E-state index is 13.1. The molecule has 0 saturated carbocycles. The van der Waals surface area contributed by atoms with Gasteiger partial charge in [-0.15, -0.1) is 0 Å². The molecule has 23 heavy (non-hydrogen) atoms. The van der Waals surface area contributed by atoms with Gasteiger partial charge in [0.2, 0.25) is 10.0 Å². The first kappa shape index (κ1) is 17.6. The molecule has 0 fully saturated rings. The molecule has 6 nitrogen and oxygen atoms in total. The van der Waals surface area contributed by atoms with E-state index in [2.05, 4.69) is 9.71 Å². The van der Waals surface area contributed by atoms with Crippen LogP contribution >= 0.6 is 0 Å². The lowest BCUT2D eigenvalue weighted by molar-refractivity contribution is 0.185. The molecule has 0 unspecified atom stereocenters. The number of nitrogens with zero attached hydrogens (tertiary/aromatic N) is 2. The highest BCUT2D eigenvalue weighted by atomic mass is 32.2. The van der Waals surface area contributed by atoms with Gasteiger partial charge < -0.3 is 9.30 Å². The highest BCUT2D eigenvalue weighted by Crippen LogP contribution is 2.10. The highest BCUT2D eigenvalue weighted by molar-refractivity contribution is 7.89. The molecule has 0 saturated heterocycles. The third kappa shape index (κ3) is 4.60. The fraction of sp³-hybridized carbons (Fsp3) is 0.400. The molecule has 0 aliphatic rings. The van der Waals surface area contributed by atoms with Gasteiger partial charge in [0.1, 0.15) is 11.6 Å². The molecule has 0 amide bonds. The molecule has 1 N–H and O–H groups in total. The number of hydrogen-bond donors (Lipinski definition) is 1. The standard InChI is InChI=1S/C15H20FN3O3S/c1-12-11-17-15(19(12)8-9-22-2)6-7-18-23(20,21)14-5-3-4-13(16)10-14/h3-5,10-11,18H,6-9H2,1-2H3. The topological polar surface area (TPSA) is 73.2 Å². The van der Waals surface area contributed by atoms with Gasteiger partial charge in [-0.05, 0) is 25.1 Å². The molecule has 2 rings (SSSR count). The molecule has 1 aromatic carbocycles. The molecular weight excluding hydrogens is 321 g/mol. The van der Waals surface area contributed by atoms with Crippen LogP contribution in [0.3, 0.4) is 0 Å². The van der Waals surface area contributed by atoms with Crippen molar-refractivity contribution >= 4 is 10.0 Å². The summed E-state index contributed by atoms with van der Waals surface area (Å²) in [5, 5.41) is 0. The van der Waals surface area contributed by atoms with Crippen LogP contribution in [-0.4, -0.2) is 38.2 Å². The second-order valence-corrected chi connectivity index (χ2v) is 6.83. The number of benzene rings is 1. The van der Waals surface area contributed by atoms with E-state index in [0.29, 0.717) is 19.6 Å². The summed E-state index contributed by atoms with van der Waals surface area (Å²) in [5.41, 5.74) is 0.991. The Bertz CT molecular complexity index is 759. The fourth-order valence-electron chi connectivity index (χ4n) is 2.21. The maximum Gasteiger partial charge on any atom is 0.240 e. The monoisotopic (exact) mass is 341 g/mol. The molecule has 2 aromatic rings. The van der Waals surface area contributed by atoms with E-state index in [-0.39, 0.29) is 11.4 Å². The third-order valence-corrected chi connectivity index (χ3v) is 4.86. The molecule has 0 bridgehead atoms. The Morgan fingerprint density at radius 3 is 2.87 bits per heavy atom. The van der Waals surface area contributed by atoms with Crippen molar-refractivity contribution in [2.45, 2.75) is 24.8 Å². The van der Waals surface area contributed by atoms with E-state index in [1.165, 1.54) is 18.2 Å². The van der Waals surface area contributed by atoms with Gasteiger partial charge in [0.25, 0.3) is 0 Å². The molecule has 126 valence electrons. The average Bonchev–Trinajstić information content (AvgIpc) is 2.85. The Hall–Kier alpha value is -1.77. The molecule has 0 atom stereocenters. The molecule has 0 spiro atoms. The lowest BCUT2D eigenvalue weighted by atomic mass is 10.4. The largest absolute Gasteiger partial charge is 0.383 e. The second-order valence-electron chi connectivity index (χ2n) is 5.07. The van der Waals surface area contributed by atoms with E-state index < -0.39 is 15.8 Å². The van der Waals surface area contributed by atoms with Crippen LogP contribution in [0.1, 0.15) is 11.5 Å². The van der Waals surface area contributed by atoms with E-state index in [0.717, 1.165) is 17.6 Å². The zero-order valence-electron chi connectivity index (χ0n) is 13.1. The maximum absolute atomic E-state index is 13.1. The van der Waals surface area contributed by atoms with Gasteiger partial charge in [-0.3, -0.25) is 0 Å². The van der Waals surface area contributed by atoms with Crippen LogP contribution in [0.2, 0.25) is 0 Å². The van der Waals surface area contributed by atoms with Gasteiger partial charge in [-0.25, -0.2) is 22.5 Å². The SMILES string of the molecule is COCCn1c(C)cnc1CCNS(=O)(=O)c1cccc(F)c1. The number of sulfonamides is 1. The zero-order chi connectivity index (χ0) is 16.9. The molecular formula is C15H20FN3O3S. The number of aromatic nitrogens is 2. The molecule has 1 heterocycles. The van der Waals surface area contributed by atoms with Gasteiger partial charge in [0.05, 0.1) is 11.5 Å². The van der Waals surface area contributed by atoms with E-state index in [1.807, 2.05) is 11.5 Å². The molecule has 8 heteroatoms. The van der Waals surface area contributed by atoms with Crippen LogP contribution < -0.4 is 4.72 Å². The quantitative estimate of drug-likeness (QED) is 0.790. The first-order chi connectivity index (χ1) is 10.9. The van der Waals surface area contributed by atoms with E-state index in [4.69, 9.17) is 4.74 Å². The number of rotatable bonds is 8. The van der Waals surface area contributed by atoms with Gasteiger partial charge >= 0.3 is 0 Å². The van der Waals surface area contributed by atoms with Crippen LogP contribution in [-0.2, 0) is 27.7 Å². The highest BCUT2D eigenvalue weighted by Gasteiger charge is 2.15. The minimum Gasteiger partial charge on any atom is -0.383 e. The van der Waals surface area contributed by atoms with Crippen molar-refractivity contribution in [1.82, 2.24) is 14.3 Å². The summed E-state index contributed by atoms with van der Waals surface area (Å²) in [4.78, 5) is 4.20. The van der Waals surface area contributed by atoms with E-state index in [1.54, 1.807) is 13.3 Å². The van der Waals surface area contributed by atoms with Crippen molar-refractivity contribution < 1.29 is 17.5 Å². The Balaban J connectivity index is 1.99. The number of hydrogen-bond acceptors (Lipinski definition) is 4. The number of halogens is 1. The molecule has 0 radical (unpaired) electrons. The van der Waals surface area contributed by atoms with E-state index in [9.17, 15) is 12.8 Å². The first-order valence-electron chi connectivity index (χ1n) is 7.19. The normalized spacial score (nSPS) is 11.8. The molecule has 1 aromatic heterocycles. The number of imidazole rings is 1. The van der Waals surface area contributed by atoms with E-state index >= 15 is 0 Å². The average molecular weight is 341 g/mol. The van der Waals surface area contributed by atoms with Crippen molar-refractivity contribution in [2.75, 3.05) is 20.3 Å². The minimum absolute atomic E-state index is 0.0867. The third-order valence-electron chi connectivity index (χ3n) is 3.40. The predicted molar refractivity (Wildman–Crippen MR) is 84.1 cm³/mol. The smallest absolute Gasteiger partial charge is 0.240 e. The van der Waals surface area contributed by atoms with Crippen molar-refractivity contribution in [3.05, 3.63) is 47.8 Å². The minimum atomic E-state index is -3.73. The number of methoxy groups -OCH3 is 1. The summed E-state index contributed by atoms with van der Waals surface area (Å²) in [6.45, 7) is 3.33. The summed E-state index contributed by atoms with van der Waals surface area (Å²) >= 11 is 0. The summed E-state index contributed by atoms with van der Waals surface area (Å²) in [7, 11) is -2.10.